The number of amides is 2. The van der Waals surface area contributed by atoms with Crippen LogP contribution in [0.3, 0.4) is 0 Å². The van der Waals surface area contributed by atoms with Gasteiger partial charge in [-0.1, -0.05) is 6.07 Å². The van der Waals surface area contributed by atoms with E-state index in [9.17, 15) is 9.59 Å². The number of nitrogens with two attached hydrogens (primary N) is 1. The lowest BCUT2D eigenvalue weighted by atomic mass is 9.87. The monoisotopic (exact) mass is 451 g/mol. The molecule has 1 aromatic carbocycles. The minimum Gasteiger partial charge on any atom is -0.328 e. The topological polar surface area (TPSA) is 117 Å². The Hall–Kier alpha value is -2.75. The second kappa shape index (κ2) is 9.62. The molecule has 2 aromatic rings. The van der Waals surface area contributed by atoms with Crippen LogP contribution in [0.25, 0.3) is 5.69 Å². The standard InChI is InChI=1S/C24H33N7O2/c25-18-3-5-20(15-18)27-19-4-1-17-14-21(6-2-16(17)13-19)31-10-7-22(29-24(31)33)28-23(32)30-11-8-26-9-12-30/h2,6-7,10,14,18-20,26-27H,1,3-5,8-9,11-13,15,25H2,(H,28,29,32,33)/t18-,19?,20+/m1/s1. The highest BCUT2D eigenvalue weighted by Crippen LogP contribution is 2.26. The number of nitrogens with zero attached hydrogens (tertiary/aromatic N) is 3. The molecule has 9 heteroatoms. The zero-order chi connectivity index (χ0) is 22.8. The Balaban J connectivity index is 1.24. The van der Waals surface area contributed by atoms with Crippen LogP contribution in [-0.4, -0.2) is 64.8 Å². The number of fused-ring (bicyclic) bond motifs is 1. The van der Waals surface area contributed by atoms with Gasteiger partial charge in [-0.05, 0) is 67.9 Å². The first-order valence-electron chi connectivity index (χ1n) is 12.1. The summed E-state index contributed by atoms with van der Waals surface area (Å²) in [6.45, 7) is 2.82. The molecular formula is C24H33N7O2. The number of hydrogen-bond donors (Lipinski definition) is 4. The van der Waals surface area contributed by atoms with Gasteiger partial charge in [0.15, 0.2) is 0 Å². The van der Waals surface area contributed by atoms with Crippen LogP contribution >= 0.6 is 0 Å². The molecule has 5 N–H and O–H groups in total. The van der Waals surface area contributed by atoms with Crippen molar-refractivity contribution in [2.75, 3.05) is 31.5 Å². The fraction of sp³-hybridized carbons (Fsp3) is 0.542. The number of rotatable bonds is 4. The van der Waals surface area contributed by atoms with Crippen LogP contribution < -0.4 is 27.4 Å². The van der Waals surface area contributed by atoms with Crippen LogP contribution in [0.1, 0.15) is 36.8 Å². The van der Waals surface area contributed by atoms with E-state index in [-0.39, 0.29) is 11.8 Å². The van der Waals surface area contributed by atoms with E-state index in [4.69, 9.17) is 5.73 Å². The maximum atomic E-state index is 12.7. The minimum atomic E-state index is -0.402. The zero-order valence-electron chi connectivity index (χ0n) is 18.9. The van der Waals surface area contributed by atoms with E-state index < -0.39 is 5.69 Å². The summed E-state index contributed by atoms with van der Waals surface area (Å²) in [6.07, 6.45) is 8.12. The summed E-state index contributed by atoms with van der Waals surface area (Å²) in [5.74, 6) is 0.276. The molecule has 2 heterocycles. The predicted molar refractivity (Wildman–Crippen MR) is 128 cm³/mol. The number of aryl methyl sites for hydroxylation is 1. The SMILES string of the molecule is N[C@@H]1CC[C@H](NC2CCc3cc(-n4ccc(NC(=O)N5CCNCC5)nc4=O)ccc3C2)C1. The maximum Gasteiger partial charge on any atom is 0.354 e. The number of urea groups is 1. The van der Waals surface area contributed by atoms with Gasteiger partial charge in [0, 0.05) is 50.5 Å². The van der Waals surface area contributed by atoms with Crippen molar-refractivity contribution in [3.8, 4) is 5.69 Å². The fourth-order valence-corrected chi connectivity index (χ4v) is 5.26. The number of aromatic nitrogens is 2. The molecule has 9 nitrogen and oxygen atoms in total. The van der Waals surface area contributed by atoms with E-state index in [1.54, 1.807) is 17.2 Å². The summed E-state index contributed by atoms with van der Waals surface area (Å²) < 4.78 is 1.53. The summed E-state index contributed by atoms with van der Waals surface area (Å²) in [7, 11) is 0. The second-order valence-corrected chi connectivity index (χ2v) is 9.46. The fourth-order valence-electron chi connectivity index (χ4n) is 5.26. The van der Waals surface area contributed by atoms with E-state index in [1.807, 2.05) is 6.07 Å². The van der Waals surface area contributed by atoms with Gasteiger partial charge >= 0.3 is 11.7 Å². The molecule has 1 aliphatic heterocycles. The van der Waals surface area contributed by atoms with Crippen molar-refractivity contribution < 1.29 is 4.79 Å². The molecule has 3 aliphatic rings. The van der Waals surface area contributed by atoms with Gasteiger partial charge in [-0.15, -0.1) is 0 Å². The van der Waals surface area contributed by atoms with E-state index >= 15 is 0 Å². The first kappa shape index (κ1) is 22.1. The van der Waals surface area contributed by atoms with Gasteiger partial charge in [-0.3, -0.25) is 9.88 Å². The smallest absolute Gasteiger partial charge is 0.328 e. The number of anilines is 1. The van der Waals surface area contributed by atoms with Crippen LogP contribution in [0.2, 0.25) is 0 Å². The van der Waals surface area contributed by atoms with Crippen LogP contribution in [-0.2, 0) is 12.8 Å². The van der Waals surface area contributed by atoms with E-state index in [2.05, 4.69) is 33.1 Å². The van der Waals surface area contributed by atoms with Crippen molar-refractivity contribution in [1.29, 1.82) is 0 Å². The largest absolute Gasteiger partial charge is 0.354 e. The lowest BCUT2D eigenvalue weighted by molar-refractivity contribution is 0.204. The van der Waals surface area contributed by atoms with Gasteiger partial charge in [0.1, 0.15) is 5.82 Å². The van der Waals surface area contributed by atoms with Gasteiger partial charge in [0.05, 0.1) is 5.69 Å². The molecular weight excluding hydrogens is 418 g/mol. The Labute approximate surface area is 193 Å². The van der Waals surface area contributed by atoms with Gasteiger partial charge in [0.25, 0.3) is 0 Å². The lowest BCUT2D eigenvalue weighted by Gasteiger charge is -2.29. The third-order valence-corrected chi connectivity index (χ3v) is 7.08. The molecule has 1 saturated carbocycles. The summed E-state index contributed by atoms with van der Waals surface area (Å²) in [6, 6.07) is 9.03. The molecule has 2 aliphatic carbocycles. The van der Waals surface area contributed by atoms with Crippen LogP contribution in [0.4, 0.5) is 10.6 Å². The molecule has 2 fully saturated rings. The molecule has 5 rings (SSSR count). The number of carbonyl (C=O) groups excluding carboxylic acids is 1. The lowest BCUT2D eigenvalue weighted by Crippen LogP contribution is -2.48. The number of hydrogen-bond acceptors (Lipinski definition) is 6. The Kier molecular flexibility index (Phi) is 6.43. The Bertz CT molecular complexity index is 1060. The molecule has 0 spiro atoms. The van der Waals surface area contributed by atoms with E-state index in [1.165, 1.54) is 22.1 Å². The van der Waals surface area contributed by atoms with Crippen LogP contribution in [0.5, 0.6) is 0 Å². The highest BCUT2D eigenvalue weighted by Gasteiger charge is 2.26. The molecule has 2 amide bonds. The number of carbonyl (C=O) groups is 1. The molecule has 176 valence electrons. The van der Waals surface area contributed by atoms with E-state index in [0.29, 0.717) is 31.2 Å². The average Bonchev–Trinajstić information content (AvgIpc) is 3.24. The van der Waals surface area contributed by atoms with Crippen molar-refractivity contribution in [3.05, 3.63) is 52.1 Å². The third-order valence-electron chi connectivity index (χ3n) is 7.08. The molecule has 33 heavy (non-hydrogen) atoms. The van der Waals surface area contributed by atoms with E-state index in [0.717, 1.165) is 50.9 Å². The Morgan fingerprint density at radius 1 is 1.09 bits per heavy atom. The first-order valence-corrected chi connectivity index (χ1v) is 12.1. The second-order valence-electron chi connectivity index (χ2n) is 9.46. The van der Waals surface area contributed by atoms with Crippen molar-refractivity contribution in [3.63, 3.8) is 0 Å². The number of nitrogens with one attached hydrogen (secondary N) is 3. The normalized spacial score (nSPS) is 25.0. The number of piperazine rings is 1. The summed E-state index contributed by atoms with van der Waals surface area (Å²) in [5, 5.41) is 9.75. The van der Waals surface area contributed by atoms with Crippen molar-refractivity contribution in [2.24, 2.45) is 5.73 Å². The van der Waals surface area contributed by atoms with Crippen LogP contribution in [0.15, 0.2) is 35.3 Å². The highest BCUT2D eigenvalue weighted by molar-refractivity contribution is 5.88. The highest BCUT2D eigenvalue weighted by atomic mass is 16.2. The summed E-state index contributed by atoms with van der Waals surface area (Å²) in [4.78, 5) is 30.9. The Morgan fingerprint density at radius 3 is 2.70 bits per heavy atom. The zero-order valence-corrected chi connectivity index (χ0v) is 18.9. The van der Waals surface area contributed by atoms with Crippen molar-refractivity contribution in [2.45, 2.75) is 56.7 Å². The van der Waals surface area contributed by atoms with Gasteiger partial charge in [0.2, 0.25) is 0 Å². The summed E-state index contributed by atoms with van der Waals surface area (Å²) >= 11 is 0. The van der Waals surface area contributed by atoms with Crippen molar-refractivity contribution in [1.82, 2.24) is 25.1 Å². The molecule has 1 saturated heterocycles. The molecule has 3 atom stereocenters. The first-order chi connectivity index (χ1) is 16.0. The summed E-state index contributed by atoms with van der Waals surface area (Å²) in [5.41, 5.74) is 9.09. The molecule has 0 bridgehead atoms. The molecule has 0 radical (unpaired) electrons. The van der Waals surface area contributed by atoms with Gasteiger partial charge in [-0.25, -0.2) is 9.59 Å². The Morgan fingerprint density at radius 2 is 1.94 bits per heavy atom. The van der Waals surface area contributed by atoms with Gasteiger partial charge < -0.3 is 21.3 Å². The third kappa shape index (κ3) is 5.10. The average molecular weight is 452 g/mol. The number of benzene rings is 1. The minimum absolute atomic E-state index is 0.224. The molecule has 1 unspecified atom stereocenters. The molecule has 1 aromatic heterocycles. The maximum absolute atomic E-state index is 12.7. The predicted octanol–water partition coefficient (Wildman–Crippen LogP) is 0.996. The van der Waals surface area contributed by atoms with Crippen LogP contribution in [0, 0.1) is 0 Å². The van der Waals surface area contributed by atoms with Crippen molar-refractivity contribution >= 4 is 11.8 Å². The van der Waals surface area contributed by atoms with Gasteiger partial charge in [-0.2, -0.15) is 4.98 Å². The quantitative estimate of drug-likeness (QED) is 0.551.